The molecule has 0 heteroatoms. The maximum Gasteiger partial charge on any atom is -0.0348 e. The molecule has 0 aromatic carbocycles. The summed E-state index contributed by atoms with van der Waals surface area (Å²) in [4.78, 5) is 0. The van der Waals surface area contributed by atoms with Crippen molar-refractivity contribution < 1.29 is 0 Å². The van der Waals surface area contributed by atoms with E-state index in [9.17, 15) is 0 Å². The standard InChI is InChI=1S/C16H32.2C2H6/c1-6-9-11-12-14(4)15(5)16(8-3)13-10-7-2;2*1-2/h6,9,14-16H,7-8,10-13H2,1-5H3;2*1-2H3/b9-6-;;/t14?,15?,16-;;/m1../s1. The van der Waals surface area contributed by atoms with Crippen LogP contribution >= 0.6 is 0 Å². The SMILES string of the molecule is C/C=C\CCC(C)C(C)[C@H](CC)CCCC.CC.CC. The van der Waals surface area contributed by atoms with Gasteiger partial charge >= 0.3 is 0 Å². The first-order valence-electron chi connectivity index (χ1n) is 9.28. The van der Waals surface area contributed by atoms with Crippen LogP contribution in [0.5, 0.6) is 0 Å². The van der Waals surface area contributed by atoms with Crippen molar-refractivity contribution in [3.05, 3.63) is 12.2 Å². The number of allylic oxidation sites excluding steroid dienone is 2. The second-order valence-corrected chi connectivity index (χ2v) is 5.29. The molecule has 2 unspecified atom stereocenters. The van der Waals surface area contributed by atoms with Gasteiger partial charge in [-0.25, -0.2) is 0 Å². The predicted molar refractivity (Wildman–Crippen MR) is 98.4 cm³/mol. The Balaban J connectivity index is -0.000000656. The highest BCUT2D eigenvalue weighted by Crippen LogP contribution is 2.30. The van der Waals surface area contributed by atoms with Crippen molar-refractivity contribution in [1.82, 2.24) is 0 Å². The highest BCUT2D eigenvalue weighted by atomic mass is 14.3. The van der Waals surface area contributed by atoms with Crippen molar-refractivity contribution in [2.24, 2.45) is 17.8 Å². The van der Waals surface area contributed by atoms with Gasteiger partial charge in [-0.15, -0.1) is 0 Å². The molecule has 0 radical (unpaired) electrons. The molecule has 0 saturated carbocycles. The summed E-state index contributed by atoms with van der Waals surface area (Å²) in [5.41, 5.74) is 0. The summed E-state index contributed by atoms with van der Waals surface area (Å²) in [6.07, 6.45) is 12.6. The molecule has 0 N–H and O–H groups in total. The molecule has 0 bridgehead atoms. The molecule has 0 aliphatic rings. The lowest BCUT2D eigenvalue weighted by atomic mass is 9.78. The van der Waals surface area contributed by atoms with Crippen LogP contribution in [-0.2, 0) is 0 Å². The van der Waals surface area contributed by atoms with Gasteiger partial charge in [-0.1, -0.05) is 93.2 Å². The van der Waals surface area contributed by atoms with Gasteiger partial charge in [0.15, 0.2) is 0 Å². The van der Waals surface area contributed by atoms with Gasteiger partial charge in [0.2, 0.25) is 0 Å². The molecule has 0 rings (SSSR count). The molecule has 0 spiro atoms. The number of hydrogen-bond acceptors (Lipinski definition) is 0. The Kier molecular flexibility index (Phi) is 26.0. The molecule has 124 valence electrons. The third kappa shape index (κ3) is 14.2. The third-order valence-electron chi connectivity index (χ3n) is 4.12. The fourth-order valence-corrected chi connectivity index (χ4v) is 2.56. The second-order valence-electron chi connectivity index (χ2n) is 5.29. The summed E-state index contributed by atoms with van der Waals surface area (Å²) in [5, 5.41) is 0. The van der Waals surface area contributed by atoms with E-state index >= 15 is 0 Å². The highest BCUT2D eigenvalue weighted by molar-refractivity contribution is 4.79. The zero-order valence-corrected chi connectivity index (χ0v) is 16.1. The summed E-state index contributed by atoms with van der Waals surface area (Å²) in [6, 6.07) is 0. The first kappa shape index (κ1) is 24.7. The quantitative estimate of drug-likeness (QED) is 0.378. The zero-order chi connectivity index (χ0) is 16.4. The Morgan fingerprint density at radius 1 is 0.900 bits per heavy atom. The summed E-state index contributed by atoms with van der Waals surface area (Å²) in [5.74, 6) is 2.71. The Bertz CT molecular complexity index is 169. The largest absolute Gasteiger partial charge is 0.0917 e. The van der Waals surface area contributed by atoms with Crippen LogP contribution in [0.4, 0.5) is 0 Å². The van der Waals surface area contributed by atoms with E-state index in [-0.39, 0.29) is 0 Å². The Labute approximate surface area is 131 Å². The van der Waals surface area contributed by atoms with Gasteiger partial charge in [-0.2, -0.15) is 0 Å². The molecule has 0 aromatic heterocycles. The van der Waals surface area contributed by atoms with E-state index in [4.69, 9.17) is 0 Å². The fourth-order valence-electron chi connectivity index (χ4n) is 2.56. The smallest absolute Gasteiger partial charge is 0.0348 e. The molecule has 20 heavy (non-hydrogen) atoms. The van der Waals surface area contributed by atoms with E-state index in [0.717, 1.165) is 17.8 Å². The highest BCUT2D eigenvalue weighted by Gasteiger charge is 2.20. The van der Waals surface area contributed by atoms with Gasteiger partial charge in [-0.3, -0.25) is 0 Å². The zero-order valence-electron chi connectivity index (χ0n) is 16.1. The van der Waals surface area contributed by atoms with Gasteiger partial charge in [0, 0.05) is 0 Å². The third-order valence-corrected chi connectivity index (χ3v) is 4.12. The molecule has 3 atom stereocenters. The van der Waals surface area contributed by atoms with Crippen LogP contribution in [0.15, 0.2) is 12.2 Å². The molecule has 0 aliphatic heterocycles. The second kappa shape index (κ2) is 21.0. The Hall–Kier alpha value is -0.260. The number of hydrogen-bond donors (Lipinski definition) is 0. The minimum atomic E-state index is 0.873. The van der Waals surface area contributed by atoms with E-state index < -0.39 is 0 Å². The molecule has 0 aliphatic carbocycles. The maximum absolute atomic E-state index is 2.46. The molecule has 0 heterocycles. The fraction of sp³-hybridized carbons (Fsp3) is 0.900. The average molecular weight is 285 g/mol. The van der Waals surface area contributed by atoms with Gasteiger partial charge in [0.05, 0.1) is 0 Å². The van der Waals surface area contributed by atoms with Crippen LogP contribution < -0.4 is 0 Å². The summed E-state index contributed by atoms with van der Waals surface area (Å²) in [6.45, 7) is 19.7. The molecular weight excluding hydrogens is 240 g/mol. The molecule has 0 saturated heterocycles. The average Bonchev–Trinajstić information content (AvgIpc) is 2.52. The van der Waals surface area contributed by atoms with Crippen molar-refractivity contribution >= 4 is 0 Å². The Morgan fingerprint density at radius 3 is 1.85 bits per heavy atom. The maximum atomic E-state index is 2.46. The number of unbranched alkanes of at least 4 members (excludes halogenated alkanes) is 1. The normalized spacial score (nSPS) is 14.7. The van der Waals surface area contributed by atoms with E-state index in [1.54, 1.807) is 0 Å². The minimum Gasteiger partial charge on any atom is -0.0917 e. The molecule has 0 fully saturated rings. The summed E-state index contributed by atoms with van der Waals surface area (Å²) >= 11 is 0. The molecule has 0 aromatic rings. The van der Waals surface area contributed by atoms with Crippen molar-refractivity contribution in [3.63, 3.8) is 0 Å². The minimum absolute atomic E-state index is 0.873. The van der Waals surface area contributed by atoms with Crippen molar-refractivity contribution in [2.45, 2.75) is 101 Å². The lowest BCUT2D eigenvalue weighted by Gasteiger charge is -2.28. The van der Waals surface area contributed by atoms with Gasteiger partial charge < -0.3 is 0 Å². The summed E-state index contributed by atoms with van der Waals surface area (Å²) in [7, 11) is 0. The molecular formula is C20H44. The van der Waals surface area contributed by atoms with Crippen LogP contribution in [-0.4, -0.2) is 0 Å². The van der Waals surface area contributed by atoms with E-state index in [1.807, 2.05) is 27.7 Å². The van der Waals surface area contributed by atoms with Crippen LogP contribution in [0.1, 0.15) is 101 Å². The molecule has 0 amide bonds. The van der Waals surface area contributed by atoms with Crippen LogP contribution in [0.25, 0.3) is 0 Å². The van der Waals surface area contributed by atoms with Gasteiger partial charge in [0.1, 0.15) is 0 Å². The van der Waals surface area contributed by atoms with Gasteiger partial charge in [0.25, 0.3) is 0 Å². The van der Waals surface area contributed by atoms with Gasteiger partial charge in [-0.05, 0) is 37.5 Å². The lowest BCUT2D eigenvalue weighted by Crippen LogP contribution is -2.18. The monoisotopic (exact) mass is 284 g/mol. The van der Waals surface area contributed by atoms with Crippen LogP contribution in [0, 0.1) is 17.8 Å². The Morgan fingerprint density at radius 2 is 1.45 bits per heavy atom. The first-order chi connectivity index (χ1) is 9.67. The van der Waals surface area contributed by atoms with Crippen molar-refractivity contribution in [3.8, 4) is 0 Å². The summed E-state index contributed by atoms with van der Waals surface area (Å²) < 4.78 is 0. The van der Waals surface area contributed by atoms with Crippen molar-refractivity contribution in [2.75, 3.05) is 0 Å². The van der Waals surface area contributed by atoms with Crippen LogP contribution in [0.2, 0.25) is 0 Å². The van der Waals surface area contributed by atoms with Crippen molar-refractivity contribution in [1.29, 1.82) is 0 Å². The van der Waals surface area contributed by atoms with Crippen LogP contribution in [0.3, 0.4) is 0 Å². The number of rotatable bonds is 9. The lowest BCUT2D eigenvalue weighted by molar-refractivity contribution is 0.228. The first-order valence-corrected chi connectivity index (χ1v) is 9.28. The van der Waals surface area contributed by atoms with E-state index in [2.05, 4.69) is 46.8 Å². The van der Waals surface area contributed by atoms with E-state index in [0.29, 0.717) is 0 Å². The predicted octanol–water partition coefficient (Wildman–Crippen LogP) is 7.88. The topological polar surface area (TPSA) is 0 Å². The molecule has 0 nitrogen and oxygen atoms in total. The van der Waals surface area contributed by atoms with E-state index in [1.165, 1.54) is 38.5 Å².